The van der Waals surface area contributed by atoms with Crippen LogP contribution < -0.4 is 0 Å². The van der Waals surface area contributed by atoms with E-state index in [2.05, 4.69) is 4.98 Å². The first-order valence-corrected chi connectivity index (χ1v) is 5.82. The molecule has 1 N–H and O–H groups in total. The fraction of sp³-hybridized carbons (Fsp3) is 0.133. The van der Waals surface area contributed by atoms with Crippen LogP contribution in [-0.4, -0.2) is 10.1 Å². The Kier molecular flexibility index (Phi) is 3.24. The molecule has 0 bridgehead atoms. The van der Waals surface area contributed by atoms with Gasteiger partial charge in [0.15, 0.2) is 0 Å². The Morgan fingerprint density at radius 1 is 0.882 bits per heavy atom. The van der Waals surface area contributed by atoms with Gasteiger partial charge in [0.25, 0.3) is 0 Å². The van der Waals surface area contributed by atoms with Crippen molar-refractivity contribution in [1.29, 1.82) is 0 Å². The number of hydrogen-bond donors (Lipinski definition) is 1. The molecule has 2 aromatic carbocycles. The van der Waals surface area contributed by atoms with Crippen LogP contribution in [0.25, 0.3) is 21.8 Å². The summed E-state index contributed by atoms with van der Waals surface area (Å²) in [5.41, 5.74) is 1.57. The molecule has 0 fully saturated rings. The van der Waals surface area contributed by atoms with Crippen LogP contribution in [0.3, 0.4) is 0 Å². The second-order valence-electron chi connectivity index (χ2n) is 3.53. The van der Waals surface area contributed by atoms with Gasteiger partial charge < -0.3 is 5.11 Å². The summed E-state index contributed by atoms with van der Waals surface area (Å²) in [4.78, 5) is 4.43. The molecule has 2 heteroatoms. The minimum Gasteiger partial charge on any atom is -0.506 e. The van der Waals surface area contributed by atoms with Crippen molar-refractivity contribution in [3.63, 3.8) is 0 Å². The van der Waals surface area contributed by atoms with Crippen LogP contribution in [0, 0.1) is 0 Å². The van der Waals surface area contributed by atoms with Crippen molar-refractivity contribution >= 4 is 21.8 Å². The molecule has 0 spiro atoms. The van der Waals surface area contributed by atoms with Crippen molar-refractivity contribution in [2.75, 3.05) is 0 Å². The summed E-state index contributed by atoms with van der Waals surface area (Å²) in [5.74, 6) is 0.234. The summed E-state index contributed by atoms with van der Waals surface area (Å²) in [7, 11) is 0. The SMILES string of the molecule is CC.Oc1cccc2cc3ccccc3nc12. The fourth-order valence-corrected chi connectivity index (χ4v) is 1.79. The van der Waals surface area contributed by atoms with E-state index in [1.54, 1.807) is 6.07 Å². The zero-order chi connectivity index (χ0) is 12.3. The lowest BCUT2D eigenvalue weighted by atomic mass is 10.1. The maximum atomic E-state index is 9.67. The Bertz CT molecular complexity index is 647. The van der Waals surface area contributed by atoms with Crippen molar-refractivity contribution in [1.82, 2.24) is 4.98 Å². The zero-order valence-electron chi connectivity index (χ0n) is 10.0. The molecule has 1 aromatic heterocycles. The highest BCUT2D eigenvalue weighted by Gasteiger charge is 2.02. The predicted octanol–water partition coefficient (Wildman–Crippen LogP) is 4.12. The molecule has 0 saturated carbocycles. The molecule has 1 heterocycles. The Labute approximate surface area is 101 Å². The average molecular weight is 225 g/mol. The van der Waals surface area contributed by atoms with Crippen LogP contribution in [0.1, 0.15) is 13.8 Å². The quantitative estimate of drug-likeness (QED) is 0.584. The van der Waals surface area contributed by atoms with Gasteiger partial charge in [-0.05, 0) is 18.2 Å². The number of aromatic nitrogens is 1. The highest BCUT2D eigenvalue weighted by atomic mass is 16.3. The maximum Gasteiger partial charge on any atom is 0.141 e. The number of nitrogens with zero attached hydrogens (tertiary/aromatic N) is 1. The van der Waals surface area contributed by atoms with E-state index in [0.29, 0.717) is 5.52 Å². The number of aromatic hydroxyl groups is 1. The van der Waals surface area contributed by atoms with Gasteiger partial charge in [-0.2, -0.15) is 0 Å². The molecule has 0 atom stereocenters. The number of hydrogen-bond acceptors (Lipinski definition) is 2. The van der Waals surface area contributed by atoms with Gasteiger partial charge in [0.05, 0.1) is 5.52 Å². The summed E-state index contributed by atoms with van der Waals surface area (Å²) >= 11 is 0. The van der Waals surface area contributed by atoms with Crippen molar-refractivity contribution < 1.29 is 5.11 Å². The summed E-state index contributed by atoms with van der Waals surface area (Å²) in [6.45, 7) is 4.00. The molecule has 3 aromatic rings. The predicted molar refractivity (Wildman–Crippen MR) is 72.3 cm³/mol. The first kappa shape index (κ1) is 11.4. The molecule has 0 unspecified atom stereocenters. The largest absolute Gasteiger partial charge is 0.506 e. The lowest BCUT2D eigenvalue weighted by molar-refractivity contribution is 0.480. The van der Waals surface area contributed by atoms with Gasteiger partial charge in [-0.15, -0.1) is 0 Å². The van der Waals surface area contributed by atoms with E-state index in [0.717, 1.165) is 16.3 Å². The highest BCUT2D eigenvalue weighted by Crippen LogP contribution is 2.25. The molecule has 0 aliphatic heterocycles. The smallest absolute Gasteiger partial charge is 0.141 e. The molecule has 3 rings (SSSR count). The Morgan fingerprint density at radius 2 is 1.59 bits per heavy atom. The third kappa shape index (κ3) is 2.07. The third-order valence-electron chi connectivity index (χ3n) is 2.53. The zero-order valence-corrected chi connectivity index (χ0v) is 10.0. The van der Waals surface area contributed by atoms with E-state index in [1.807, 2.05) is 56.3 Å². The van der Waals surface area contributed by atoms with Gasteiger partial charge in [-0.3, -0.25) is 0 Å². The number of fused-ring (bicyclic) bond motifs is 2. The molecule has 86 valence electrons. The monoisotopic (exact) mass is 225 g/mol. The van der Waals surface area contributed by atoms with Crippen LogP contribution in [0.4, 0.5) is 0 Å². The second-order valence-corrected chi connectivity index (χ2v) is 3.53. The van der Waals surface area contributed by atoms with E-state index in [4.69, 9.17) is 0 Å². The van der Waals surface area contributed by atoms with Gasteiger partial charge in [-0.1, -0.05) is 44.2 Å². The van der Waals surface area contributed by atoms with E-state index < -0.39 is 0 Å². The maximum absolute atomic E-state index is 9.67. The molecule has 0 radical (unpaired) electrons. The second kappa shape index (κ2) is 4.83. The van der Waals surface area contributed by atoms with Gasteiger partial charge in [0, 0.05) is 10.8 Å². The van der Waals surface area contributed by atoms with Crippen molar-refractivity contribution in [2.45, 2.75) is 13.8 Å². The van der Waals surface area contributed by atoms with Gasteiger partial charge in [0.2, 0.25) is 0 Å². The standard InChI is InChI=1S/C13H9NO.C2H6/c15-12-7-3-5-10-8-9-4-1-2-6-11(9)14-13(10)12;1-2/h1-8,15H;1-2H3. The number of para-hydroxylation sites is 2. The topological polar surface area (TPSA) is 33.1 Å². The molecule has 17 heavy (non-hydrogen) atoms. The molecular formula is C15H15NO. The summed E-state index contributed by atoms with van der Waals surface area (Å²) < 4.78 is 0. The third-order valence-corrected chi connectivity index (χ3v) is 2.53. The molecular weight excluding hydrogens is 210 g/mol. The summed E-state index contributed by atoms with van der Waals surface area (Å²) in [5, 5.41) is 11.7. The molecule has 0 aliphatic rings. The summed E-state index contributed by atoms with van der Waals surface area (Å²) in [6.07, 6.45) is 0. The number of phenolic OH excluding ortho intramolecular Hbond substituents is 1. The molecule has 0 saturated heterocycles. The first-order chi connectivity index (χ1) is 8.34. The van der Waals surface area contributed by atoms with E-state index in [-0.39, 0.29) is 5.75 Å². The fourth-order valence-electron chi connectivity index (χ4n) is 1.79. The van der Waals surface area contributed by atoms with Gasteiger partial charge in [-0.25, -0.2) is 4.98 Å². The minimum absolute atomic E-state index is 0.234. The normalized spacial score (nSPS) is 10.0. The Morgan fingerprint density at radius 3 is 2.41 bits per heavy atom. The van der Waals surface area contributed by atoms with E-state index >= 15 is 0 Å². The average Bonchev–Trinajstić information content (AvgIpc) is 2.40. The summed E-state index contributed by atoms with van der Waals surface area (Å²) in [6, 6.07) is 15.4. The van der Waals surface area contributed by atoms with Gasteiger partial charge >= 0.3 is 0 Å². The van der Waals surface area contributed by atoms with Crippen LogP contribution in [0.2, 0.25) is 0 Å². The van der Waals surface area contributed by atoms with E-state index in [9.17, 15) is 5.11 Å². The van der Waals surface area contributed by atoms with Crippen molar-refractivity contribution in [2.24, 2.45) is 0 Å². The highest BCUT2D eigenvalue weighted by molar-refractivity contribution is 5.95. The number of benzene rings is 2. The van der Waals surface area contributed by atoms with Gasteiger partial charge in [0.1, 0.15) is 11.3 Å². The van der Waals surface area contributed by atoms with Crippen LogP contribution in [0.5, 0.6) is 5.75 Å². The lowest BCUT2D eigenvalue weighted by Gasteiger charge is -2.02. The Balaban J connectivity index is 0.000000514. The lowest BCUT2D eigenvalue weighted by Crippen LogP contribution is -1.82. The number of phenols is 1. The number of pyridine rings is 1. The van der Waals surface area contributed by atoms with Crippen LogP contribution >= 0.6 is 0 Å². The van der Waals surface area contributed by atoms with E-state index in [1.165, 1.54) is 0 Å². The van der Waals surface area contributed by atoms with Crippen molar-refractivity contribution in [3.05, 3.63) is 48.5 Å². The van der Waals surface area contributed by atoms with Crippen LogP contribution in [0.15, 0.2) is 48.5 Å². The minimum atomic E-state index is 0.234. The van der Waals surface area contributed by atoms with Crippen molar-refractivity contribution in [3.8, 4) is 5.75 Å². The van der Waals surface area contributed by atoms with Crippen LogP contribution in [-0.2, 0) is 0 Å². The first-order valence-electron chi connectivity index (χ1n) is 5.82. The Hall–Kier alpha value is -2.09. The molecule has 0 amide bonds. The molecule has 0 aliphatic carbocycles. The molecule has 2 nitrogen and oxygen atoms in total. The number of rotatable bonds is 0.